The van der Waals surface area contributed by atoms with Crippen LogP contribution in [-0.4, -0.2) is 20.7 Å². The Morgan fingerprint density at radius 1 is 0.917 bits per heavy atom. The van der Waals surface area contributed by atoms with Crippen molar-refractivity contribution < 1.29 is 0 Å². The van der Waals surface area contributed by atoms with Crippen LogP contribution in [0.3, 0.4) is 0 Å². The van der Waals surface area contributed by atoms with Gasteiger partial charge in [0.1, 0.15) is 0 Å². The Morgan fingerprint density at radius 2 is 1.67 bits per heavy atom. The van der Waals surface area contributed by atoms with Crippen LogP contribution in [0, 0.1) is 0 Å². The summed E-state index contributed by atoms with van der Waals surface area (Å²) in [6.07, 6.45) is 0. The third-order valence-corrected chi connectivity index (χ3v) is 4.21. The Hall–Kier alpha value is -2.86. The Morgan fingerprint density at radius 3 is 2.42 bits per heavy atom. The van der Waals surface area contributed by atoms with Crippen LogP contribution in [0.5, 0.6) is 0 Å². The molecular formula is C17H13ClN4O2. The molecule has 0 spiro atoms. The molecule has 6 nitrogen and oxygen atoms in total. The minimum atomic E-state index is -0.614. The maximum absolute atomic E-state index is 12.8. The van der Waals surface area contributed by atoms with E-state index in [1.165, 1.54) is 4.57 Å². The van der Waals surface area contributed by atoms with Crippen molar-refractivity contribution in [3.05, 3.63) is 80.6 Å². The number of para-hydroxylation sites is 1. The molecule has 0 unspecified atom stereocenters. The highest BCUT2D eigenvalue weighted by Crippen LogP contribution is 2.25. The second-order valence-electron chi connectivity index (χ2n) is 5.43. The summed E-state index contributed by atoms with van der Waals surface area (Å²) in [5.41, 5.74) is 0.288. The molecule has 0 radical (unpaired) electrons. The zero-order valence-electron chi connectivity index (χ0n) is 12.6. The van der Waals surface area contributed by atoms with E-state index in [0.29, 0.717) is 29.7 Å². The number of rotatable bonds is 2. The molecule has 7 heteroatoms. The minimum Gasteiger partial charge on any atom is -0.310 e. The summed E-state index contributed by atoms with van der Waals surface area (Å²) in [6, 6.07) is 16.2. The van der Waals surface area contributed by atoms with Crippen LogP contribution in [0.15, 0.2) is 64.2 Å². The van der Waals surface area contributed by atoms with Gasteiger partial charge in [0.15, 0.2) is 0 Å². The van der Waals surface area contributed by atoms with Gasteiger partial charge < -0.3 is 4.90 Å². The SMILES string of the molecule is O=c1nc2n(c(=O)n1-c1cccc(Cl)c1)CCN2c1ccccc1. The van der Waals surface area contributed by atoms with Gasteiger partial charge in [0.2, 0.25) is 5.95 Å². The zero-order chi connectivity index (χ0) is 16.7. The third-order valence-electron chi connectivity index (χ3n) is 3.97. The second kappa shape index (κ2) is 5.65. The topological polar surface area (TPSA) is 60.1 Å². The van der Waals surface area contributed by atoms with E-state index in [4.69, 9.17) is 11.6 Å². The molecule has 4 rings (SSSR count). The van der Waals surface area contributed by atoms with Gasteiger partial charge in [0.25, 0.3) is 0 Å². The molecule has 120 valence electrons. The Balaban J connectivity index is 1.89. The third kappa shape index (κ3) is 2.32. The quantitative estimate of drug-likeness (QED) is 0.717. The molecule has 0 amide bonds. The molecule has 2 aromatic carbocycles. The van der Waals surface area contributed by atoms with Gasteiger partial charge in [0, 0.05) is 23.8 Å². The smallest absolute Gasteiger partial charge is 0.310 e. The first-order valence-corrected chi connectivity index (χ1v) is 7.85. The summed E-state index contributed by atoms with van der Waals surface area (Å²) < 4.78 is 2.55. The summed E-state index contributed by atoms with van der Waals surface area (Å²) in [5, 5.41) is 0.454. The highest BCUT2D eigenvalue weighted by molar-refractivity contribution is 6.30. The summed E-state index contributed by atoms with van der Waals surface area (Å²) in [7, 11) is 0. The predicted octanol–water partition coefficient (Wildman–Crippen LogP) is 2.20. The molecular weight excluding hydrogens is 328 g/mol. The van der Waals surface area contributed by atoms with E-state index in [9.17, 15) is 9.59 Å². The molecule has 0 atom stereocenters. The van der Waals surface area contributed by atoms with Crippen LogP contribution >= 0.6 is 11.6 Å². The van der Waals surface area contributed by atoms with E-state index in [1.54, 1.807) is 24.3 Å². The molecule has 24 heavy (non-hydrogen) atoms. The van der Waals surface area contributed by atoms with E-state index >= 15 is 0 Å². The van der Waals surface area contributed by atoms with Crippen LogP contribution in [-0.2, 0) is 6.54 Å². The Kier molecular flexibility index (Phi) is 3.46. The van der Waals surface area contributed by atoms with Crippen LogP contribution in [0.4, 0.5) is 11.6 Å². The van der Waals surface area contributed by atoms with Gasteiger partial charge in [-0.15, -0.1) is 0 Å². The molecule has 0 saturated heterocycles. The minimum absolute atomic E-state index is 0.370. The van der Waals surface area contributed by atoms with Crippen molar-refractivity contribution in [1.82, 2.24) is 14.1 Å². The van der Waals surface area contributed by atoms with E-state index < -0.39 is 11.4 Å². The average molecular weight is 341 g/mol. The molecule has 1 aromatic heterocycles. The summed E-state index contributed by atoms with van der Waals surface area (Å²) in [5.74, 6) is 0.370. The second-order valence-corrected chi connectivity index (χ2v) is 5.87. The number of hydrogen-bond donors (Lipinski definition) is 0. The molecule has 2 heterocycles. The number of hydrogen-bond acceptors (Lipinski definition) is 4. The van der Waals surface area contributed by atoms with E-state index in [-0.39, 0.29) is 0 Å². The molecule has 0 fully saturated rings. The summed E-state index contributed by atoms with van der Waals surface area (Å²) in [6.45, 7) is 1.06. The zero-order valence-corrected chi connectivity index (χ0v) is 13.3. The highest BCUT2D eigenvalue weighted by Gasteiger charge is 2.25. The van der Waals surface area contributed by atoms with Crippen molar-refractivity contribution >= 4 is 23.2 Å². The number of aromatic nitrogens is 3. The highest BCUT2D eigenvalue weighted by atomic mass is 35.5. The molecule has 3 aromatic rings. The number of benzene rings is 2. The normalized spacial score (nSPS) is 13.1. The van der Waals surface area contributed by atoms with Crippen molar-refractivity contribution in [3.63, 3.8) is 0 Å². The predicted molar refractivity (Wildman–Crippen MR) is 92.6 cm³/mol. The fraction of sp³-hybridized carbons (Fsp3) is 0.118. The lowest BCUT2D eigenvalue weighted by molar-refractivity contribution is 0.672. The molecule has 1 aliphatic rings. The largest absolute Gasteiger partial charge is 0.359 e. The lowest BCUT2D eigenvalue weighted by Crippen LogP contribution is -2.40. The molecule has 0 bridgehead atoms. The van der Waals surface area contributed by atoms with E-state index in [1.807, 2.05) is 35.2 Å². The number of fused-ring (bicyclic) bond motifs is 1. The lowest BCUT2D eigenvalue weighted by atomic mass is 10.3. The van der Waals surface area contributed by atoms with Crippen LogP contribution in [0.2, 0.25) is 5.02 Å². The van der Waals surface area contributed by atoms with Crippen LogP contribution in [0.25, 0.3) is 5.69 Å². The maximum atomic E-state index is 12.8. The monoisotopic (exact) mass is 340 g/mol. The number of nitrogens with zero attached hydrogens (tertiary/aromatic N) is 4. The van der Waals surface area contributed by atoms with Gasteiger partial charge in [-0.25, -0.2) is 14.2 Å². The van der Waals surface area contributed by atoms with Crippen molar-refractivity contribution in [1.29, 1.82) is 0 Å². The van der Waals surface area contributed by atoms with Gasteiger partial charge in [-0.3, -0.25) is 4.57 Å². The van der Waals surface area contributed by atoms with Crippen molar-refractivity contribution in [3.8, 4) is 5.69 Å². The summed E-state index contributed by atoms with van der Waals surface area (Å²) >= 11 is 5.97. The fourth-order valence-corrected chi connectivity index (χ4v) is 3.06. The molecule has 1 aliphatic heterocycles. The van der Waals surface area contributed by atoms with Gasteiger partial charge in [-0.05, 0) is 30.3 Å². The van der Waals surface area contributed by atoms with Gasteiger partial charge >= 0.3 is 11.4 Å². The van der Waals surface area contributed by atoms with Gasteiger partial charge in [0.05, 0.1) is 5.69 Å². The first-order chi connectivity index (χ1) is 11.6. The van der Waals surface area contributed by atoms with E-state index in [0.717, 1.165) is 10.3 Å². The fourth-order valence-electron chi connectivity index (χ4n) is 2.87. The first kappa shape index (κ1) is 14.7. The molecule has 0 aliphatic carbocycles. The van der Waals surface area contributed by atoms with Crippen LogP contribution < -0.4 is 16.3 Å². The van der Waals surface area contributed by atoms with Crippen LogP contribution in [0.1, 0.15) is 0 Å². The molecule has 0 saturated carbocycles. The molecule has 0 N–H and O–H groups in total. The average Bonchev–Trinajstić information content (AvgIpc) is 3.00. The lowest BCUT2D eigenvalue weighted by Gasteiger charge is -2.17. The standard InChI is InChI=1S/C17H13ClN4O2/c18-12-5-4-8-14(11-12)22-16(23)19-15-20(9-10-21(15)17(22)24)13-6-2-1-3-7-13/h1-8,11H,9-10H2. The van der Waals surface area contributed by atoms with Crippen molar-refractivity contribution in [2.45, 2.75) is 6.54 Å². The van der Waals surface area contributed by atoms with Gasteiger partial charge in [-0.1, -0.05) is 35.9 Å². The van der Waals surface area contributed by atoms with Crippen molar-refractivity contribution in [2.75, 3.05) is 11.4 Å². The first-order valence-electron chi connectivity index (χ1n) is 7.47. The number of anilines is 2. The van der Waals surface area contributed by atoms with Gasteiger partial charge in [-0.2, -0.15) is 4.98 Å². The van der Waals surface area contributed by atoms with Crippen molar-refractivity contribution in [2.24, 2.45) is 0 Å². The maximum Gasteiger partial charge on any atom is 0.359 e. The summed E-state index contributed by atoms with van der Waals surface area (Å²) in [4.78, 5) is 31.2. The Bertz CT molecular complexity index is 1030. The number of halogens is 1. The Labute approximate surface area is 142 Å². The van der Waals surface area contributed by atoms with E-state index in [2.05, 4.69) is 4.98 Å².